The molecule has 23 heavy (non-hydrogen) atoms. The van der Waals surface area contributed by atoms with Gasteiger partial charge in [0, 0.05) is 12.2 Å². The number of anilines is 1. The van der Waals surface area contributed by atoms with Crippen molar-refractivity contribution in [3.8, 4) is 0 Å². The number of halogens is 1. The number of carbonyl (C=O) groups excluding carboxylic acids is 2. The van der Waals surface area contributed by atoms with Crippen molar-refractivity contribution in [3.63, 3.8) is 0 Å². The molecule has 0 aromatic heterocycles. The van der Waals surface area contributed by atoms with E-state index in [0.717, 1.165) is 0 Å². The minimum atomic E-state index is -0.958. The number of benzene rings is 1. The number of hydrogen-bond acceptors (Lipinski definition) is 3. The number of carbonyl (C=O) groups is 3. The van der Waals surface area contributed by atoms with Crippen LogP contribution in [0.5, 0.6) is 0 Å². The summed E-state index contributed by atoms with van der Waals surface area (Å²) < 4.78 is 0. The number of nitrogens with one attached hydrogen (secondary N) is 2. The monoisotopic (exact) mass is 338 g/mol. The number of rotatable bonds is 6. The zero-order valence-electron chi connectivity index (χ0n) is 12.9. The molecule has 1 aromatic carbocycles. The molecule has 3 N–H and O–H groups in total. The minimum Gasteiger partial charge on any atom is -0.481 e. The van der Waals surface area contributed by atoms with Gasteiger partial charge in [-0.05, 0) is 30.5 Å². The fourth-order valence-corrected chi connectivity index (χ4v) is 2.43. The molecule has 0 aliphatic heterocycles. The van der Waals surface area contributed by atoms with E-state index in [1.807, 2.05) is 13.8 Å². The van der Waals surface area contributed by atoms with Crippen LogP contribution in [0.2, 0.25) is 5.02 Å². The van der Waals surface area contributed by atoms with Crippen molar-refractivity contribution in [3.05, 3.63) is 28.8 Å². The van der Waals surface area contributed by atoms with Gasteiger partial charge in [0.05, 0.1) is 22.4 Å². The van der Waals surface area contributed by atoms with E-state index < -0.39 is 17.8 Å². The van der Waals surface area contributed by atoms with E-state index in [4.69, 9.17) is 16.7 Å². The molecule has 0 radical (unpaired) electrons. The van der Waals surface area contributed by atoms with Gasteiger partial charge in [0.2, 0.25) is 5.91 Å². The summed E-state index contributed by atoms with van der Waals surface area (Å²) in [5.74, 6) is -2.34. The Morgan fingerprint density at radius 3 is 2.52 bits per heavy atom. The van der Waals surface area contributed by atoms with E-state index in [9.17, 15) is 14.4 Å². The molecule has 1 aromatic rings. The Hall–Kier alpha value is -2.08. The zero-order valence-corrected chi connectivity index (χ0v) is 13.7. The Morgan fingerprint density at radius 1 is 1.30 bits per heavy atom. The van der Waals surface area contributed by atoms with E-state index in [1.165, 1.54) is 12.1 Å². The van der Waals surface area contributed by atoms with Gasteiger partial charge in [0.25, 0.3) is 5.91 Å². The lowest BCUT2D eigenvalue weighted by atomic mass is 10.1. The second-order valence-electron chi connectivity index (χ2n) is 6.07. The first-order chi connectivity index (χ1) is 10.8. The van der Waals surface area contributed by atoms with Gasteiger partial charge >= 0.3 is 5.97 Å². The van der Waals surface area contributed by atoms with Gasteiger partial charge in [0.1, 0.15) is 0 Å². The smallest absolute Gasteiger partial charge is 0.307 e. The summed E-state index contributed by atoms with van der Waals surface area (Å²) in [6.45, 7) is 4.53. The fraction of sp³-hybridized carbons (Fsp3) is 0.438. The normalized spacial score (nSPS) is 19.3. The number of carboxylic acids is 1. The third kappa shape index (κ3) is 4.45. The molecule has 1 saturated carbocycles. The lowest BCUT2D eigenvalue weighted by molar-refractivity contribution is -0.139. The third-order valence-corrected chi connectivity index (χ3v) is 3.91. The summed E-state index contributed by atoms with van der Waals surface area (Å²) in [6, 6.07) is 4.60. The molecule has 6 nitrogen and oxygen atoms in total. The first-order valence-electron chi connectivity index (χ1n) is 7.41. The molecule has 2 rings (SSSR count). The predicted molar refractivity (Wildman–Crippen MR) is 86.5 cm³/mol. The van der Waals surface area contributed by atoms with Crippen molar-refractivity contribution < 1.29 is 19.5 Å². The van der Waals surface area contributed by atoms with Crippen LogP contribution in [0.25, 0.3) is 0 Å². The van der Waals surface area contributed by atoms with Crippen molar-refractivity contribution in [2.75, 3.05) is 11.9 Å². The van der Waals surface area contributed by atoms with Crippen LogP contribution in [0.1, 0.15) is 30.6 Å². The fourth-order valence-electron chi connectivity index (χ4n) is 2.16. The van der Waals surface area contributed by atoms with Crippen LogP contribution in [-0.2, 0) is 9.59 Å². The van der Waals surface area contributed by atoms with Gasteiger partial charge in [-0.15, -0.1) is 0 Å². The quantitative estimate of drug-likeness (QED) is 0.742. The van der Waals surface area contributed by atoms with Crippen LogP contribution in [0.15, 0.2) is 18.2 Å². The summed E-state index contributed by atoms with van der Waals surface area (Å²) in [6.07, 6.45) is 0.352. The van der Waals surface area contributed by atoms with Gasteiger partial charge < -0.3 is 15.7 Å². The molecule has 1 aliphatic rings. The van der Waals surface area contributed by atoms with E-state index in [1.54, 1.807) is 6.07 Å². The number of carboxylic acid groups (broad SMARTS) is 1. The number of hydrogen-bond donors (Lipinski definition) is 3. The summed E-state index contributed by atoms with van der Waals surface area (Å²) >= 11 is 6.09. The van der Waals surface area contributed by atoms with Crippen molar-refractivity contribution in [1.82, 2.24) is 5.32 Å². The summed E-state index contributed by atoms with van der Waals surface area (Å²) in [5.41, 5.74) is 0.775. The summed E-state index contributed by atoms with van der Waals surface area (Å²) in [4.78, 5) is 34.7. The summed E-state index contributed by atoms with van der Waals surface area (Å²) in [5, 5.41) is 14.5. The first kappa shape index (κ1) is 17.3. The van der Waals surface area contributed by atoms with E-state index >= 15 is 0 Å². The maximum absolute atomic E-state index is 12.0. The lowest BCUT2D eigenvalue weighted by Crippen LogP contribution is -2.27. The highest BCUT2D eigenvalue weighted by atomic mass is 35.5. The molecule has 0 bridgehead atoms. The second-order valence-corrected chi connectivity index (χ2v) is 6.48. The highest BCUT2D eigenvalue weighted by Crippen LogP contribution is 2.39. The van der Waals surface area contributed by atoms with Crippen LogP contribution in [0.3, 0.4) is 0 Å². The average molecular weight is 339 g/mol. The number of aliphatic carboxylic acids is 1. The highest BCUT2D eigenvalue weighted by Gasteiger charge is 2.48. The molecular formula is C16H19ClN2O4. The molecule has 124 valence electrons. The Morgan fingerprint density at radius 2 is 2.00 bits per heavy atom. The molecule has 7 heteroatoms. The molecular weight excluding hydrogens is 320 g/mol. The molecule has 0 saturated heterocycles. The van der Waals surface area contributed by atoms with Crippen molar-refractivity contribution in [2.24, 2.45) is 17.8 Å². The molecule has 1 aliphatic carbocycles. The predicted octanol–water partition coefficient (Wildman–Crippen LogP) is 2.38. The Labute approximate surface area is 139 Å². The van der Waals surface area contributed by atoms with Crippen LogP contribution < -0.4 is 10.6 Å². The first-order valence-corrected chi connectivity index (χ1v) is 7.78. The van der Waals surface area contributed by atoms with Crippen molar-refractivity contribution in [2.45, 2.75) is 20.3 Å². The summed E-state index contributed by atoms with van der Waals surface area (Å²) in [7, 11) is 0. The molecule has 2 amide bonds. The van der Waals surface area contributed by atoms with Crippen LogP contribution >= 0.6 is 11.6 Å². The van der Waals surface area contributed by atoms with Crippen LogP contribution in [0, 0.1) is 17.8 Å². The van der Waals surface area contributed by atoms with Crippen LogP contribution in [-0.4, -0.2) is 29.4 Å². The Bertz CT molecular complexity index is 645. The lowest BCUT2D eigenvalue weighted by Gasteiger charge is -2.10. The third-order valence-electron chi connectivity index (χ3n) is 3.60. The van der Waals surface area contributed by atoms with Gasteiger partial charge in [-0.1, -0.05) is 25.4 Å². The van der Waals surface area contributed by atoms with E-state index in [2.05, 4.69) is 10.6 Å². The highest BCUT2D eigenvalue weighted by molar-refractivity contribution is 6.34. The van der Waals surface area contributed by atoms with Crippen LogP contribution in [0.4, 0.5) is 5.69 Å². The molecule has 2 atom stereocenters. The average Bonchev–Trinajstić information content (AvgIpc) is 3.25. The standard InChI is InChI=1S/C16H19ClN2O4/c1-8(2)7-18-14(20)10-4-3-9(5-13(10)17)19-15(21)11-6-12(11)16(22)23/h3-5,8,11-12H,6-7H2,1-2H3,(H,18,20)(H,19,21)(H,22,23). The van der Waals surface area contributed by atoms with Crippen molar-refractivity contribution in [1.29, 1.82) is 0 Å². The van der Waals surface area contributed by atoms with Gasteiger partial charge in [0.15, 0.2) is 0 Å². The second kappa shape index (κ2) is 7.00. The SMILES string of the molecule is CC(C)CNC(=O)c1ccc(NC(=O)C2CC2C(=O)O)cc1Cl. The molecule has 2 unspecified atom stereocenters. The van der Waals surface area contributed by atoms with E-state index in [0.29, 0.717) is 30.1 Å². The molecule has 1 fully saturated rings. The van der Waals surface area contributed by atoms with Gasteiger partial charge in [-0.25, -0.2) is 0 Å². The zero-order chi connectivity index (χ0) is 17.1. The van der Waals surface area contributed by atoms with Gasteiger partial charge in [-0.2, -0.15) is 0 Å². The molecule has 0 spiro atoms. The molecule has 0 heterocycles. The minimum absolute atomic E-state index is 0.231. The number of amides is 2. The Balaban J connectivity index is 1.98. The van der Waals surface area contributed by atoms with E-state index in [-0.39, 0.29) is 16.8 Å². The maximum atomic E-state index is 12.0. The Kier molecular flexibility index (Phi) is 5.26. The van der Waals surface area contributed by atoms with Gasteiger partial charge in [-0.3, -0.25) is 14.4 Å². The maximum Gasteiger partial charge on any atom is 0.307 e. The topological polar surface area (TPSA) is 95.5 Å². The largest absolute Gasteiger partial charge is 0.481 e. The van der Waals surface area contributed by atoms with Crippen molar-refractivity contribution >= 4 is 35.1 Å².